The van der Waals surface area contributed by atoms with Gasteiger partial charge in [0.2, 0.25) is 5.75 Å². The highest BCUT2D eigenvalue weighted by atomic mass is 16.5. The molecule has 0 N–H and O–H groups in total. The summed E-state index contributed by atoms with van der Waals surface area (Å²) in [5.41, 5.74) is 1.14. The Hall–Kier alpha value is -3.42. The van der Waals surface area contributed by atoms with E-state index in [9.17, 15) is 4.79 Å². The highest BCUT2D eigenvalue weighted by Gasteiger charge is 2.15. The SMILES string of the molecule is COc1cc2ncn(Cc3cc(OC)c(OC)c(OC)c3)c(=O)c2cc1OC. The van der Waals surface area contributed by atoms with Gasteiger partial charge in [0.1, 0.15) is 0 Å². The van der Waals surface area contributed by atoms with Gasteiger partial charge in [0.15, 0.2) is 23.0 Å². The molecular formula is C20H22N2O6. The first-order valence-electron chi connectivity index (χ1n) is 8.46. The lowest BCUT2D eigenvalue weighted by atomic mass is 10.1. The summed E-state index contributed by atoms with van der Waals surface area (Å²) in [5.74, 6) is 2.52. The smallest absolute Gasteiger partial charge is 0.261 e. The Morgan fingerprint density at radius 2 is 1.36 bits per heavy atom. The summed E-state index contributed by atoms with van der Waals surface area (Å²) in [5, 5.41) is 0.438. The molecule has 0 atom stereocenters. The number of hydrogen-bond acceptors (Lipinski definition) is 7. The highest BCUT2D eigenvalue weighted by Crippen LogP contribution is 2.38. The number of methoxy groups -OCH3 is 5. The van der Waals surface area contributed by atoms with Gasteiger partial charge in [-0.3, -0.25) is 9.36 Å². The number of benzene rings is 2. The Labute approximate surface area is 162 Å². The number of hydrogen-bond donors (Lipinski definition) is 0. The second-order valence-electron chi connectivity index (χ2n) is 5.94. The van der Waals surface area contributed by atoms with Crippen LogP contribution in [0.1, 0.15) is 5.56 Å². The summed E-state index contributed by atoms with van der Waals surface area (Å²) in [7, 11) is 7.69. The fourth-order valence-electron chi connectivity index (χ4n) is 3.02. The van der Waals surface area contributed by atoms with Crippen molar-refractivity contribution in [3.63, 3.8) is 0 Å². The number of aromatic nitrogens is 2. The third-order valence-electron chi connectivity index (χ3n) is 4.41. The van der Waals surface area contributed by atoms with Crippen LogP contribution in [0.15, 0.2) is 35.4 Å². The molecule has 0 radical (unpaired) electrons. The first kappa shape index (κ1) is 19.3. The predicted octanol–water partition coefficient (Wildman–Crippen LogP) is 2.49. The molecule has 0 bridgehead atoms. The van der Waals surface area contributed by atoms with E-state index in [0.717, 1.165) is 5.56 Å². The van der Waals surface area contributed by atoms with Crippen LogP contribution in [0.5, 0.6) is 28.7 Å². The summed E-state index contributed by atoms with van der Waals surface area (Å²) in [4.78, 5) is 17.4. The van der Waals surface area contributed by atoms with Gasteiger partial charge in [0.25, 0.3) is 5.56 Å². The molecule has 1 aromatic heterocycles. The van der Waals surface area contributed by atoms with Crippen LogP contribution < -0.4 is 29.2 Å². The monoisotopic (exact) mass is 386 g/mol. The summed E-state index contributed by atoms with van der Waals surface area (Å²) in [6, 6.07) is 6.91. The molecule has 3 rings (SSSR count). The van der Waals surface area contributed by atoms with Crippen molar-refractivity contribution in [2.24, 2.45) is 0 Å². The molecule has 0 saturated carbocycles. The Morgan fingerprint density at radius 1 is 0.786 bits per heavy atom. The van der Waals surface area contributed by atoms with Crippen LogP contribution in [0.2, 0.25) is 0 Å². The quantitative estimate of drug-likeness (QED) is 0.617. The van der Waals surface area contributed by atoms with Gasteiger partial charge in [-0.05, 0) is 23.8 Å². The zero-order chi connectivity index (χ0) is 20.3. The minimum atomic E-state index is -0.195. The van der Waals surface area contributed by atoms with Crippen molar-refractivity contribution >= 4 is 10.9 Å². The van der Waals surface area contributed by atoms with Gasteiger partial charge in [-0.25, -0.2) is 4.98 Å². The van der Waals surface area contributed by atoms with Crippen molar-refractivity contribution in [3.8, 4) is 28.7 Å². The topological polar surface area (TPSA) is 81.0 Å². The van der Waals surface area contributed by atoms with Crippen molar-refractivity contribution in [3.05, 3.63) is 46.5 Å². The molecule has 0 aliphatic carbocycles. The molecule has 8 nitrogen and oxygen atoms in total. The summed E-state index contributed by atoms with van der Waals surface area (Å²) >= 11 is 0. The third-order valence-corrected chi connectivity index (χ3v) is 4.41. The molecule has 0 spiro atoms. The second-order valence-corrected chi connectivity index (χ2v) is 5.94. The molecule has 1 heterocycles. The predicted molar refractivity (Wildman–Crippen MR) is 104 cm³/mol. The molecule has 0 unspecified atom stereocenters. The Bertz CT molecular complexity index is 1040. The van der Waals surface area contributed by atoms with E-state index in [-0.39, 0.29) is 12.1 Å². The normalized spacial score (nSPS) is 10.6. The first-order chi connectivity index (χ1) is 13.6. The molecule has 8 heteroatoms. The molecule has 0 amide bonds. The maximum absolute atomic E-state index is 13.0. The molecule has 0 saturated heterocycles. The number of fused-ring (bicyclic) bond motifs is 1. The lowest BCUT2D eigenvalue weighted by Gasteiger charge is -2.15. The van der Waals surface area contributed by atoms with Crippen molar-refractivity contribution in [2.75, 3.05) is 35.5 Å². The van der Waals surface area contributed by atoms with Crippen LogP contribution in [0.25, 0.3) is 10.9 Å². The number of nitrogens with zero attached hydrogens (tertiary/aromatic N) is 2. The van der Waals surface area contributed by atoms with Gasteiger partial charge in [0, 0.05) is 6.07 Å². The minimum absolute atomic E-state index is 0.195. The van der Waals surface area contributed by atoms with E-state index in [1.807, 2.05) is 0 Å². The van der Waals surface area contributed by atoms with Crippen molar-refractivity contribution in [2.45, 2.75) is 6.54 Å². The Kier molecular flexibility index (Phi) is 5.58. The van der Waals surface area contributed by atoms with Gasteiger partial charge < -0.3 is 23.7 Å². The van der Waals surface area contributed by atoms with Crippen LogP contribution in [0, 0.1) is 0 Å². The van der Waals surface area contributed by atoms with E-state index in [1.165, 1.54) is 25.1 Å². The average Bonchev–Trinajstić information content (AvgIpc) is 2.73. The molecule has 28 heavy (non-hydrogen) atoms. The fourth-order valence-corrected chi connectivity index (χ4v) is 3.02. The van der Waals surface area contributed by atoms with Crippen molar-refractivity contribution < 1.29 is 23.7 Å². The number of rotatable bonds is 7. The minimum Gasteiger partial charge on any atom is -0.493 e. The number of ether oxygens (including phenoxy) is 5. The lowest BCUT2D eigenvalue weighted by molar-refractivity contribution is 0.323. The summed E-state index contributed by atoms with van der Waals surface area (Å²) < 4.78 is 28.2. The molecule has 148 valence electrons. The van der Waals surface area contributed by atoms with E-state index in [0.29, 0.717) is 39.7 Å². The first-order valence-corrected chi connectivity index (χ1v) is 8.46. The van der Waals surface area contributed by atoms with E-state index < -0.39 is 0 Å². The van der Waals surface area contributed by atoms with E-state index in [1.54, 1.807) is 45.6 Å². The largest absolute Gasteiger partial charge is 0.493 e. The van der Waals surface area contributed by atoms with Crippen LogP contribution in [0.4, 0.5) is 0 Å². The van der Waals surface area contributed by atoms with Crippen molar-refractivity contribution in [1.29, 1.82) is 0 Å². The van der Waals surface area contributed by atoms with Crippen LogP contribution in [-0.4, -0.2) is 45.1 Å². The lowest BCUT2D eigenvalue weighted by Crippen LogP contribution is -2.21. The van der Waals surface area contributed by atoms with Crippen LogP contribution in [0.3, 0.4) is 0 Å². The average molecular weight is 386 g/mol. The summed E-state index contributed by atoms with van der Waals surface area (Å²) in [6.07, 6.45) is 1.50. The fraction of sp³-hybridized carbons (Fsp3) is 0.300. The van der Waals surface area contributed by atoms with Crippen LogP contribution in [-0.2, 0) is 6.54 Å². The van der Waals surface area contributed by atoms with Gasteiger partial charge in [-0.1, -0.05) is 0 Å². The van der Waals surface area contributed by atoms with Gasteiger partial charge in [0.05, 0.1) is 59.3 Å². The molecule has 0 aliphatic rings. The molecule has 0 aliphatic heterocycles. The highest BCUT2D eigenvalue weighted by molar-refractivity contribution is 5.81. The molecule has 2 aromatic carbocycles. The maximum Gasteiger partial charge on any atom is 0.261 e. The Balaban J connectivity index is 2.08. The van der Waals surface area contributed by atoms with Crippen molar-refractivity contribution in [1.82, 2.24) is 9.55 Å². The Morgan fingerprint density at radius 3 is 1.89 bits per heavy atom. The van der Waals surface area contributed by atoms with Crippen LogP contribution >= 0.6 is 0 Å². The third kappa shape index (κ3) is 3.40. The van der Waals surface area contributed by atoms with Gasteiger partial charge >= 0.3 is 0 Å². The van der Waals surface area contributed by atoms with E-state index in [4.69, 9.17) is 23.7 Å². The standard InChI is InChI=1S/C20H22N2O6/c1-24-15-8-13-14(9-16(15)25-2)21-11-22(20(13)23)10-12-6-17(26-3)19(28-5)18(7-12)27-4/h6-9,11H,10H2,1-5H3. The molecule has 0 fully saturated rings. The van der Waals surface area contributed by atoms with E-state index >= 15 is 0 Å². The zero-order valence-electron chi connectivity index (χ0n) is 16.4. The second kappa shape index (κ2) is 8.08. The summed E-state index contributed by atoms with van der Waals surface area (Å²) in [6.45, 7) is 0.285. The molecular weight excluding hydrogens is 364 g/mol. The zero-order valence-corrected chi connectivity index (χ0v) is 16.4. The van der Waals surface area contributed by atoms with E-state index in [2.05, 4.69) is 4.98 Å². The maximum atomic E-state index is 13.0. The molecule has 3 aromatic rings. The van der Waals surface area contributed by atoms with Gasteiger partial charge in [-0.2, -0.15) is 0 Å². The van der Waals surface area contributed by atoms with Gasteiger partial charge in [-0.15, -0.1) is 0 Å².